The summed E-state index contributed by atoms with van der Waals surface area (Å²) in [5.41, 5.74) is 1.40. The first-order valence-corrected chi connectivity index (χ1v) is 9.09. The van der Waals surface area contributed by atoms with Gasteiger partial charge in [0.25, 0.3) is 0 Å². The summed E-state index contributed by atoms with van der Waals surface area (Å²) in [6.45, 7) is 7.92. The van der Waals surface area contributed by atoms with Crippen LogP contribution in [-0.2, 0) is 6.42 Å². The van der Waals surface area contributed by atoms with Gasteiger partial charge in [-0.25, -0.2) is 0 Å². The van der Waals surface area contributed by atoms with E-state index < -0.39 is 0 Å². The standard InChI is InChI=1S/C16H26BrNS/c1-4-10-18-15(12-19-13(3)5-2)11-14-8-6-7-9-16(14)17/h6-9,13,15,18H,4-5,10-12H2,1-3H3. The Hall–Kier alpha value is 0.01000. The Morgan fingerprint density at radius 2 is 2.00 bits per heavy atom. The predicted molar refractivity (Wildman–Crippen MR) is 92.1 cm³/mol. The van der Waals surface area contributed by atoms with Gasteiger partial charge >= 0.3 is 0 Å². The van der Waals surface area contributed by atoms with Crippen molar-refractivity contribution in [2.75, 3.05) is 12.3 Å². The van der Waals surface area contributed by atoms with Gasteiger partial charge in [-0.2, -0.15) is 11.8 Å². The lowest BCUT2D eigenvalue weighted by atomic mass is 10.1. The van der Waals surface area contributed by atoms with Gasteiger partial charge in [0.1, 0.15) is 0 Å². The Labute approximate surface area is 131 Å². The van der Waals surface area contributed by atoms with Crippen molar-refractivity contribution in [1.82, 2.24) is 5.32 Å². The normalized spacial score (nSPS) is 14.3. The molecule has 19 heavy (non-hydrogen) atoms. The molecule has 0 amide bonds. The van der Waals surface area contributed by atoms with Crippen LogP contribution >= 0.6 is 27.7 Å². The number of hydrogen-bond donors (Lipinski definition) is 1. The van der Waals surface area contributed by atoms with Gasteiger partial charge < -0.3 is 5.32 Å². The fourth-order valence-corrected chi connectivity index (χ4v) is 3.35. The van der Waals surface area contributed by atoms with Crippen molar-refractivity contribution in [3.8, 4) is 0 Å². The van der Waals surface area contributed by atoms with Crippen LogP contribution in [0.4, 0.5) is 0 Å². The molecule has 0 saturated carbocycles. The van der Waals surface area contributed by atoms with Crippen LogP contribution in [0.25, 0.3) is 0 Å². The second-order valence-electron chi connectivity index (χ2n) is 5.00. The van der Waals surface area contributed by atoms with Crippen molar-refractivity contribution < 1.29 is 0 Å². The van der Waals surface area contributed by atoms with Gasteiger partial charge in [-0.05, 0) is 37.4 Å². The van der Waals surface area contributed by atoms with Crippen LogP contribution in [0, 0.1) is 0 Å². The number of thioether (sulfide) groups is 1. The molecule has 1 nitrogen and oxygen atoms in total. The Morgan fingerprint density at radius 1 is 1.26 bits per heavy atom. The number of benzene rings is 1. The predicted octanol–water partition coefficient (Wildman–Crippen LogP) is 4.89. The van der Waals surface area contributed by atoms with Gasteiger partial charge in [0.15, 0.2) is 0 Å². The minimum absolute atomic E-state index is 0.567. The molecule has 0 bridgehead atoms. The molecule has 0 aliphatic rings. The molecule has 3 heteroatoms. The molecule has 0 heterocycles. The van der Waals surface area contributed by atoms with E-state index in [9.17, 15) is 0 Å². The van der Waals surface area contributed by atoms with Crippen LogP contribution in [0.15, 0.2) is 28.7 Å². The zero-order valence-corrected chi connectivity index (χ0v) is 14.7. The van der Waals surface area contributed by atoms with Crippen LogP contribution in [-0.4, -0.2) is 23.6 Å². The molecular formula is C16H26BrNS. The van der Waals surface area contributed by atoms with E-state index in [1.807, 2.05) is 0 Å². The maximum absolute atomic E-state index is 3.68. The lowest BCUT2D eigenvalue weighted by Crippen LogP contribution is -2.34. The minimum Gasteiger partial charge on any atom is -0.313 e. The van der Waals surface area contributed by atoms with Crippen LogP contribution in [0.1, 0.15) is 39.2 Å². The third kappa shape index (κ3) is 6.82. The highest BCUT2D eigenvalue weighted by molar-refractivity contribution is 9.10. The fourth-order valence-electron chi connectivity index (χ4n) is 1.87. The molecule has 1 aromatic rings. The van der Waals surface area contributed by atoms with E-state index in [-0.39, 0.29) is 0 Å². The summed E-state index contributed by atoms with van der Waals surface area (Å²) in [7, 11) is 0. The molecule has 0 aromatic heterocycles. The van der Waals surface area contributed by atoms with Crippen molar-refractivity contribution in [3.63, 3.8) is 0 Å². The molecule has 1 rings (SSSR count). The van der Waals surface area contributed by atoms with E-state index in [1.165, 1.54) is 28.6 Å². The van der Waals surface area contributed by atoms with Crippen molar-refractivity contribution in [2.45, 2.75) is 51.3 Å². The summed E-state index contributed by atoms with van der Waals surface area (Å²) < 4.78 is 1.23. The second-order valence-corrected chi connectivity index (χ2v) is 7.32. The molecule has 0 aliphatic heterocycles. The zero-order valence-electron chi connectivity index (χ0n) is 12.3. The molecule has 108 valence electrons. The number of halogens is 1. The van der Waals surface area contributed by atoms with Crippen molar-refractivity contribution in [3.05, 3.63) is 34.3 Å². The topological polar surface area (TPSA) is 12.0 Å². The molecule has 0 aliphatic carbocycles. The molecule has 1 aromatic carbocycles. The van der Waals surface area contributed by atoms with E-state index in [1.54, 1.807) is 0 Å². The van der Waals surface area contributed by atoms with Crippen molar-refractivity contribution in [2.24, 2.45) is 0 Å². The molecule has 0 saturated heterocycles. The number of nitrogens with one attached hydrogen (secondary N) is 1. The number of hydrogen-bond acceptors (Lipinski definition) is 2. The Morgan fingerprint density at radius 3 is 2.63 bits per heavy atom. The van der Waals surface area contributed by atoms with Crippen molar-refractivity contribution >= 4 is 27.7 Å². The first-order valence-electron chi connectivity index (χ1n) is 7.25. The van der Waals surface area contributed by atoms with E-state index in [0.29, 0.717) is 6.04 Å². The van der Waals surface area contributed by atoms with Crippen LogP contribution < -0.4 is 5.32 Å². The van der Waals surface area contributed by atoms with Gasteiger partial charge in [-0.3, -0.25) is 0 Å². The monoisotopic (exact) mass is 343 g/mol. The van der Waals surface area contributed by atoms with E-state index in [0.717, 1.165) is 18.2 Å². The molecule has 2 atom stereocenters. The summed E-state index contributed by atoms with van der Waals surface area (Å²) >= 11 is 5.73. The van der Waals surface area contributed by atoms with Gasteiger partial charge in [0.05, 0.1) is 0 Å². The van der Waals surface area contributed by atoms with Crippen LogP contribution in [0.2, 0.25) is 0 Å². The van der Waals surface area contributed by atoms with E-state index in [2.05, 4.69) is 78.0 Å². The number of rotatable bonds is 9. The average Bonchev–Trinajstić information content (AvgIpc) is 2.43. The molecule has 2 unspecified atom stereocenters. The summed E-state index contributed by atoms with van der Waals surface area (Å²) in [4.78, 5) is 0. The van der Waals surface area contributed by atoms with E-state index >= 15 is 0 Å². The highest BCUT2D eigenvalue weighted by atomic mass is 79.9. The van der Waals surface area contributed by atoms with Crippen LogP contribution in [0.5, 0.6) is 0 Å². The molecule has 1 N–H and O–H groups in total. The zero-order chi connectivity index (χ0) is 14.1. The average molecular weight is 344 g/mol. The summed E-state index contributed by atoms with van der Waals surface area (Å²) in [5, 5.41) is 4.44. The summed E-state index contributed by atoms with van der Waals surface area (Å²) in [6, 6.07) is 9.12. The molecule has 0 spiro atoms. The quantitative estimate of drug-likeness (QED) is 0.684. The van der Waals surface area contributed by atoms with Gasteiger partial charge in [0.2, 0.25) is 0 Å². The summed E-state index contributed by atoms with van der Waals surface area (Å²) in [5.74, 6) is 1.19. The fraction of sp³-hybridized carbons (Fsp3) is 0.625. The SMILES string of the molecule is CCCNC(CSC(C)CC)Cc1ccccc1Br. The maximum atomic E-state index is 3.68. The molecule has 0 fully saturated rings. The van der Waals surface area contributed by atoms with Crippen molar-refractivity contribution in [1.29, 1.82) is 0 Å². The van der Waals surface area contributed by atoms with Crippen LogP contribution in [0.3, 0.4) is 0 Å². The smallest absolute Gasteiger partial charge is 0.0207 e. The molecular weight excluding hydrogens is 318 g/mol. The Balaban J connectivity index is 2.55. The first-order chi connectivity index (χ1) is 9.17. The summed E-state index contributed by atoms with van der Waals surface area (Å²) in [6.07, 6.45) is 3.55. The van der Waals surface area contributed by atoms with Gasteiger partial charge in [0, 0.05) is 21.5 Å². The maximum Gasteiger partial charge on any atom is 0.0207 e. The lowest BCUT2D eigenvalue weighted by Gasteiger charge is -2.20. The Kier molecular flexibility index (Phi) is 8.84. The third-order valence-electron chi connectivity index (χ3n) is 3.26. The van der Waals surface area contributed by atoms with E-state index in [4.69, 9.17) is 0 Å². The third-order valence-corrected chi connectivity index (χ3v) is 5.53. The highest BCUT2D eigenvalue weighted by Crippen LogP contribution is 2.20. The second kappa shape index (κ2) is 9.84. The molecule has 0 radical (unpaired) electrons. The van der Waals surface area contributed by atoms with Gasteiger partial charge in [-0.1, -0.05) is 54.9 Å². The first kappa shape index (κ1) is 17.1. The lowest BCUT2D eigenvalue weighted by molar-refractivity contribution is 0.549. The van der Waals surface area contributed by atoms with Gasteiger partial charge in [-0.15, -0.1) is 0 Å². The Bertz CT molecular complexity index is 356. The largest absolute Gasteiger partial charge is 0.313 e. The highest BCUT2D eigenvalue weighted by Gasteiger charge is 2.12. The minimum atomic E-state index is 0.567.